The van der Waals surface area contributed by atoms with E-state index >= 15 is 0 Å². The smallest absolute Gasteiger partial charge is 0.305 e. The highest BCUT2D eigenvalue weighted by Gasteiger charge is 2.39. The fourth-order valence-corrected chi connectivity index (χ4v) is 3.29. The van der Waals surface area contributed by atoms with Crippen molar-refractivity contribution in [3.8, 4) is 5.75 Å². The lowest BCUT2D eigenvalue weighted by Gasteiger charge is -2.36. The number of hydrogen-bond donors (Lipinski definition) is 1. The van der Waals surface area contributed by atoms with Crippen LogP contribution in [0, 0.1) is 0 Å². The fraction of sp³-hybridized carbons (Fsp3) is 0.500. The Kier molecular flexibility index (Phi) is 4.89. The number of aromatic nitrogens is 1. The number of fused-ring (bicyclic) bond motifs is 1. The lowest BCUT2D eigenvalue weighted by molar-refractivity contribution is -0.140. The van der Waals surface area contributed by atoms with Gasteiger partial charge in [-0.2, -0.15) is 0 Å². The first-order chi connectivity index (χ1) is 10.7. The van der Waals surface area contributed by atoms with Crippen LogP contribution in [0.4, 0.5) is 0 Å². The van der Waals surface area contributed by atoms with Crippen molar-refractivity contribution in [2.45, 2.75) is 51.7 Å². The van der Waals surface area contributed by atoms with Gasteiger partial charge in [0.15, 0.2) is 0 Å². The number of carbonyl (C=O) groups excluding carboxylic acids is 1. The van der Waals surface area contributed by atoms with Crippen molar-refractivity contribution in [3.05, 3.63) is 30.0 Å². The van der Waals surface area contributed by atoms with Crippen molar-refractivity contribution in [1.82, 2.24) is 4.98 Å². The zero-order valence-corrected chi connectivity index (χ0v) is 15.9. The first-order valence-corrected chi connectivity index (χ1v) is 10.9. The van der Waals surface area contributed by atoms with E-state index in [-0.39, 0.29) is 11.0 Å². The number of ether oxygens (including phenoxy) is 1. The van der Waals surface area contributed by atoms with E-state index in [4.69, 9.17) is 9.16 Å². The second-order valence-corrected chi connectivity index (χ2v) is 12.2. The maximum atomic E-state index is 11.4. The van der Waals surface area contributed by atoms with Gasteiger partial charge in [0.25, 0.3) is 8.32 Å². The van der Waals surface area contributed by atoms with Crippen LogP contribution in [-0.4, -0.2) is 26.4 Å². The molecule has 5 heteroatoms. The minimum atomic E-state index is -1.92. The van der Waals surface area contributed by atoms with E-state index in [1.54, 1.807) is 0 Å². The van der Waals surface area contributed by atoms with Gasteiger partial charge in [0.2, 0.25) is 0 Å². The van der Waals surface area contributed by atoms with Crippen LogP contribution < -0.4 is 4.43 Å². The SMILES string of the molecule is COC(=O)CCc1c[nH]c2cccc(O[Si](C)(C)C(C)(C)C)c12. The Morgan fingerprint density at radius 3 is 2.57 bits per heavy atom. The summed E-state index contributed by atoms with van der Waals surface area (Å²) in [5, 5.41) is 1.22. The standard InChI is InChI=1S/C18H27NO3Si/c1-18(2,3)23(5,6)22-15-9-7-8-14-17(15)13(12-19-14)10-11-16(20)21-4/h7-9,12,19H,10-11H2,1-6H3. The second kappa shape index (κ2) is 6.39. The third-order valence-electron chi connectivity index (χ3n) is 4.75. The van der Waals surface area contributed by atoms with Crippen molar-refractivity contribution in [2.24, 2.45) is 0 Å². The summed E-state index contributed by atoms with van der Waals surface area (Å²) in [5.74, 6) is 0.720. The van der Waals surface area contributed by atoms with Crippen molar-refractivity contribution in [3.63, 3.8) is 0 Å². The molecule has 2 aromatic rings. The van der Waals surface area contributed by atoms with Gasteiger partial charge in [-0.25, -0.2) is 0 Å². The van der Waals surface area contributed by atoms with Crippen LogP contribution in [0.5, 0.6) is 5.75 Å². The number of aromatic amines is 1. The molecule has 1 N–H and O–H groups in total. The fourth-order valence-electron chi connectivity index (χ4n) is 2.27. The lowest BCUT2D eigenvalue weighted by atomic mass is 10.1. The molecular weight excluding hydrogens is 306 g/mol. The number of esters is 1. The monoisotopic (exact) mass is 333 g/mol. The minimum Gasteiger partial charge on any atom is -0.543 e. The molecule has 23 heavy (non-hydrogen) atoms. The molecule has 0 bridgehead atoms. The number of hydrogen-bond acceptors (Lipinski definition) is 3. The highest BCUT2D eigenvalue weighted by atomic mass is 28.4. The molecule has 0 unspecified atom stereocenters. The minimum absolute atomic E-state index is 0.137. The topological polar surface area (TPSA) is 51.3 Å². The number of nitrogens with one attached hydrogen (secondary N) is 1. The first-order valence-electron chi connectivity index (χ1n) is 8.00. The van der Waals surface area contributed by atoms with Gasteiger partial charge in [0, 0.05) is 23.5 Å². The van der Waals surface area contributed by atoms with Crippen LogP contribution >= 0.6 is 0 Å². The van der Waals surface area contributed by atoms with E-state index in [0.717, 1.165) is 22.2 Å². The Bertz CT molecular complexity index is 698. The average Bonchev–Trinajstić information content (AvgIpc) is 2.87. The molecule has 0 atom stereocenters. The van der Waals surface area contributed by atoms with Crippen molar-refractivity contribution < 1.29 is 14.0 Å². The summed E-state index contributed by atoms with van der Waals surface area (Å²) in [7, 11) is -0.496. The maximum Gasteiger partial charge on any atom is 0.305 e. The number of methoxy groups -OCH3 is 1. The molecule has 126 valence electrons. The number of carbonyl (C=O) groups is 1. The maximum absolute atomic E-state index is 11.4. The summed E-state index contributed by atoms with van der Waals surface area (Å²) in [6.45, 7) is 11.2. The van der Waals surface area contributed by atoms with Gasteiger partial charge in [-0.3, -0.25) is 4.79 Å². The van der Waals surface area contributed by atoms with Gasteiger partial charge in [-0.1, -0.05) is 26.8 Å². The molecule has 1 heterocycles. The number of H-pyrrole nitrogens is 1. The highest BCUT2D eigenvalue weighted by molar-refractivity contribution is 6.74. The summed E-state index contributed by atoms with van der Waals surface area (Å²) < 4.78 is 11.3. The molecule has 1 aromatic carbocycles. The Morgan fingerprint density at radius 2 is 1.96 bits per heavy atom. The van der Waals surface area contributed by atoms with Crippen LogP contribution in [0.1, 0.15) is 32.8 Å². The van der Waals surface area contributed by atoms with Gasteiger partial charge in [-0.05, 0) is 42.2 Å². The molecule has 0 radical (unpaired) electrons. The van der Waals surface area contributed by atoms with E-state index in [9.17, 15) is 4.79 Å². The molecule has 0 saturated heterocycles. The van der Waals surface area contributed by atoms with Gasteiger partial charge in [0.1, 0.15) is 5.75 Å². The summed E-state index contributed by atoms with van der Waals surface area (Å²) in [5.41, 5.74) is 2.14. The van der Waals surface area contributed by atoms with Crippen molar-refractivity contribution >= 4 is 25.2 Å². The number of rotatable bonds is 5. The summed E-state index contributed by atoms with van der Waals surface area (Å²) in [6, 6.07) is 6.07. The zero-order valence-electron chi connectivity index (χ0n) is 14.9. The molecule has 1 aromatic heterocycles. The van der Waals surface area contributed by atoms with Crippen molar-refractivity contribution in [2.75, 3.05) is 7.11 Å². The molecular formula is C18H27NO3Si. The predicted octanol–water partition coefficient (Wildman–Crippen LogP) is 4.66. The lowest BCUT2D eigenvalue weighted by Crippen LogP contribution is -2.43. The molecule has 0 amide bonds. The van der Waals surface area contributed by atoms with Crippen LogP contribution in [0.15, 0.2) is 24.4 Å². The van der Waals surface area contributed by atoms with Crippen LogP contribution in [0.2, 0.25) is 18.1 Å². The third-order valence-corrected chi connectivity index (χ3v) is 9.09. The average molecular weight is 334 g/mol. The van der Waals surface area contributed by atoms with E-state index in [0.29, 0.717) is 12.8 Å². The second-order valence-electron chi connectivity index (χ2n) is 7.43. The van der Waals surface area contributed by atoms with E-state index < -0.39 is 8.32 Å². The quantitative estimate of drug-likeness (QED) is 0.639. The number of benzene rings is 1. The molecule has 4 nitrogen and oxygen atoms in total. The van der Waals surface area contributed by atoms with Gasteiger partial charge in [-0.15, -0.1) is 0 Å². The highest BCUT2D eigenvalue weighted by Crippen LogP contribution is 2.40. The molecule has 0 spiro atoms. The third kappa shape index (κ3) is 3.78. The molecule has 0 aliphatic heterocycles. The largest absolute Gasteiger partial charge is 0.543 e. The Balaban J connectivity index is 2.37. The molecule has 0 saturated carbocycles. The van der Waals surface area contributed by atoms with Crippen LogP contribution in [-0.2, 0) is 16.0 Å². The van der Waals surface area contributed by atoms with Gasteiger partial charge >= 0.3 is 5.97 Å². The van der Waals surface area contributed by atoms with E-state index in [1.165, 1.54) is 7.11 Å². The Morgan fingerprint density at radius 1 is 1.26 bits per heavy atom. The Hall–Kier alpha value is -1.75. The zero-order chi connectivity index (χ0) is 17.3. The van der Waals surface area contributed by atoms with Gasteiger partial charge < -0.3 is 14.1 Å². The molecule has 0 aliphatic rings. The summed E-state index contributed by atoms with van der Waals surface area (Å²) in [4.78, 5) is 14.7. The summed E-state index contributed by atoms with van der Waals surface area (Å²) in [6.07, 6.45) is 2.98. The molecule has 0 aliphatic carbocycles. The van der Waals surface area contributed by atoms with E-state index in [1.807, 2.05) is 24.4 Å². The van der Waals surface area contributed by atoms with Crippen molar-refractivity contribution in [1.29, 1.82) is 0 Å². The van der Waals surface area contributed by atoms with Crippen LogP contribution in [0.25, 0.3) is 10.9 Å². The predicted molar refractivity (Wildman–Crippen MR) is 96.5 cm³/mol. The summed E-state index contributed by atoms with van der Waals surface area (Å²) >= 11 is 0. The number of aryl methyl sites for hydroxylation is 1. The van der Waals surface area contributed by atoms with Gasteiger partial charge in [0.05, 0.1) is 7.11 Å². The first kappa shape index (κ1) is 17.6. The normalized spacial score (nSPS) is 12.4. The molecule has 2 rings (SSSR count). The molecule has 0 fully saturated rings. The van der Waals surface area contributed by atoms with Crippen LogP contribution in [0.3, 0.4) is 0 Å². The van der Waals surface area contributed by atoms with E-state index in [2.05, 4.69) is 38.8 Å². The Labute approximate surface area is 139 Å².